The van der Waals surface area contributed by atoms with E-state index in [2.05, 4.69) is 27.4 Å². The summed E-state index contributed by atoms with van der Waals surface area (Å²) < 4.78 is 0. The van der Waals surface area contributed by atoms with E-state index >= 15 is 0 Å². The largest absolute Gasteiger partial charge is 0.300 e. The minimum atomic E-state index is 0.326. The van der Waals surface area contributed by atoms with Crippen LogP contribution in [0, 0.1) is 11.3 Å². The van der Waals surface area contributed by atoms with Crippen LogP contribution in [0.15, 0.2) is 12.2 Å². The minimum Gasteiger partial charge on any atom is -0.300 e. The van der Waals surface area contributed by atoms with Crippen LogP contribution in [0.4, 0.5) is 0 Å². The Bertz CT molecular complexity index is 223. The van der Waals surface area contributed by atoms with Gasteiger partial charge in [-0.1, -0.05) is 19.4 Å². The highest BCUT2D eigenvalue weighted by Gasteiger charge is 2.35. The van der Waals surface area contributed by atoms with Crippen LogP contribution in [0.1, 0.15) is 46.5 Å². The van der Waals surface area contributed by atoms with Crippen molar-refractivity contribution in [1.82, 2.24) is 0 Å². The maximum Gasteiger partial charge on any atom is 0.133 e. The third-order valence-electron chi connectivity index (χ3n) is 3.22. The van der Waals surface area contributed by atoms with Gasteiger partial charge in [0.2, 0.25) is 0 Å². The average Bonchev–Trinajstić information content (AvgIpc) is 1.97. The first-order chi connectivity index (χ1) is 5.92. The Hall–Kier alpha value is -0.590. The topological polar surface area (TPSA) is 17.1 Å². The van der Waals surface area contributed by atoms with Gasteiger partial charge in [-0.3, -0.25) is 4.79 Å². The summed E-state index contributed by atoms with van der Waals surface area (Å²) in [6.45, 7) is 10.5. The van der Waals surface area contributed by atoms with E-state index in [-0.39, 0.29) is 0 Å². The number of hydrogen-bond donors (Lipinski definition) is 0. The van der Waals surface area contributed by atoms with Gasteiger partial charge < -0.3 is 0 Å². The van der Waals surface area contributed by atoms with Crippen molar-refractivity contribution < 1.29 is 4.79 Å². The van der Waals surface area contributed by atoms with Gasteiger partial charge in [-0.2, -0.15) is 0 Å². The zero-order chi connectivity index (χ0) is 10.1. The first-order valence-corrected chi connectivity index (χ1v) is 5.08. The van der Waals surface area contributed by atoms with E-state index in [0.29, 0.717) is 17.1 Å². The van der Waals surface area contributed by atoms with Crippen molar-refractivity contribution in [2.45, 2.75) is 46.5 Å². The molecule has 0 aliphatic heterocycles. The second kappa shape index (κ2) is 3.65. The van der Waals surface area contributed by atoms with Crippen molar-refractivity contribution in [3.8, 4) is 0 Å². The summed E-state index contributed by atoms with van der Waals surface area (Å²) in [6.07, 6.45) is 3.60. The lowest BCUT2D eigenvalue weighted by Gasteiger charge is -2.38. The molecule has 74 valence electrons. The highest BCUT2D eigenvalue weighted by Crippen LogP contribution is 2.41. The number of carbonyl (C=O) groups is 1. The van der Waals surface area contributed by atoms with Crippen LogP contribution >= 0.6 is 0 Å². The zero-order valence-electron chi connectivity index (χ0n) is 9.02. The number of rotatable bonds is 2. The Morgan fingerprint density at radius 2 is 2.23 bits per heavy atom. The summed E-state index contributed by atoms with van der Waals surface area (Å²) in [5, 5.41) is 0. The number of hydrogen-bond acceptors (Lipinski definition) is 1. The van der Waals surface area contributed by atoms with E-state index in [9.17, 15) is 4.79 Å². The normalized spacial score (nSPS) is 27.3. The second-order valence-electron chi connectivity index (χ2n) is 5.09. The maximum atomic E-state index is 11.3. The molecular weight excluding hydrogens is 160 g/mol. The predicted molar refractivity (Wildman–Crippen MR) is 55.6 cm³/mol. The molecule has 13 heavy (non-hydrogen) atoms. The molecule has 1 nitrogen and oxygen atoms in total. The fraction of sp³-hybridized carbons (Fsp3) is 0.750. The molecular formula is C12H20O. The van der Waals surface area contributed by atoms with Crippen LogP contribution in [-0.4, -0.2) is 5.78 Å². The predicted octanol–water partition coefficient (Wildman–Crippen LogP) is 3.35. The number of allylic oxidation sites excluding steroid dienone is 1. The SMILES string of the molecule is C=C(C)CC1CC(=O)CCC1(C)C. The first kappa shape index (κ1) is 10.5. The van der Waals surface area contributed by atoms with Crippen molar-refractivity contribution in [3.05, 3.63) is 12.2 Å². The average molecular weight is 180 g/mol. The Balaban J connectivity index is 2.66. The Morgan fingerprint density at radius 3 is 2.77 bits per heavy atom. The smallest absolute Gasteiger partial charge is 0.133 e. The lowest BCUT2D eigenvalue weighted by Crippen LogP contribution is -2.32. The molecule has 0 bridgehead atoms. The number of carbonyl (C=O) groups excluding carboxylic acids is 1. The van der Waals surface area contributed by atoms with Crippen molar-refractivity contribution in [3.63, 3.8) is 0 Å². The lowest BCUT2D eigenvalue weighted by molar-refractivity contribution is -0.124. The fourth-order valence-electron chi connectivity index (χ4n) is 2.09. The zero-order valence-corrected chi connectivity index (χ0v) is 9.02. The van der Waals surface area contributed by atoms with Crippen molar-refractivity contribution >= 4 is 5.78 Å². The number of ketones is 1. The molecule has 1 aliphatic rings. The third kappa shape index (κ3) is 2.68. The van der Waals surface area contributed by atoms with Crippen LogP contribution in [-0.2, 0) is 4.79 Å². The van der Waals surface area contributed by atoms with E-state index in [1.165, 1.54) is 5.57 Å². The van der Waals surface area contributed by atoms with Crippen LogP contribution < -0.4 is 0 Å². The third-order valence-corrected chi connectivity index (χ3v) is 3.22. The molecule has 0 heterocycles. The fourth-order valence-corrected chi connectivity index (χ4v) is 2.09. The summed E-state index contributed by atoms with van der Waals surface area (Å²) in [7, 11) is 0. The van der Waals surface area contributed by atoms with Crippen LogP contribution in [0.2, 0.25) is 0 Å². The molecule has 0 N–H and O–H groups in total. The van der Waals surface area contributed by atoms with Crippen LogP contribution in [0.25, 0.3) is 0 Å². The molecule has 0 amide bonds. The van der Waals surface area contributed by atoms with Gasteiger partial charge in [0.05, 0.1) is 0 Å². The van der Waals surface area contributed by atoms with Gasteiger partial charge in [0, 0.05) is 12.8 Å². The number of Topliss-reactive ketones (excluding diaryl/α,β-unsaturated/α-hetero) is 1. The molecule has 1 atom stereocenters. The molecule has 1 saturated carbocycles. The molecule has 1 rings (SSSR count). The van der Waals surface area contributed by atoms with Gasteiger partial charge in [-0.05, 0) is 31.1 Å². The van der Waals surface area contributed by atoms with E-state index in [0.717, 1.165) is 25.7 Å². The molecule has 0 spiro atoms. The van der Waals surface area contributed by atoms with Gasteiger partial charge in [-0.25, -0.2) is 0 Å². The second-order valence-corrected chi connectivity index (χ2v) is 5.09. The Morgan fingerprint density at radius 1 is 1.62 bits per heavy atom. The van der Waals surface area contributed by atoms with E-state index in [4.69, 9.17) is 0 Å². The standard InChI is InChI=1S/C12H20O/c1-9(2)7-10-8-11(13)5-6-12(10,3)4/h10H,1,5-8H2,2-4H3. The van der Waals surface area contributed by atoms with Crippen LogP contribution in [0.5, 0.6) is 0 Å². The Labute approximate surface area is 81.2 Å². The molecule has 1 heteroatoms. The molecule has 0 radical (unpaired) electrons. The molecule has 1 unspecified atom stereocenters. The van der Waals surface area contributed by atoms with Gasteiger partial charge >= 0.3 is 0 Å². The van der Waals surface area contributed by atoms with E-state index < -0.39 is 0 Å². The highest BCUT2D eigenvalue weighted by atomic mass is 16.1. The molecule has 1 aliphatic carbocycles. The molecule has 0 saturated heterocycles. The lowest BCUT2D eigenvalue weighted by atomic mass is 9.66. The summed E-state index contributed by atoms with van der Waals surface area (Å²) in [5.74, 6) is 0.955. The molecule has 0 aromatic rings. The van der Waals surface area contributed by atoms with Crippen molar-refractivity contribution in [2.24, 2.45) is 11.3 Å². The summed E-state index contributed by atoms with van der Waals surface area (Å²) >= 11 is 0. The van der Waals surface area contributed by atoms with Crippen molar-refractivity contribution in [2.75, 3.05) is 0 Å². The van der Waals surface area contributed by atoms with Gasteiger partial charge in [0.25, 0.3) is 0 Å². The summed E-state index contributed by atoms with van der Waals surface area (Å²) in [6, 6.07) is 0. The maximum absolute atomic E-state index is 11.3. The Kier molecular flexibility index (Phi) is 2.94. The molecule has 0 aromatic heterocycles. The quantitative estimate of drug-likeness (QED) is 0.596. The van der Waals surface area contributed by atoms with Crippen LogP contribution in [0.3, 0.4) is 0 Å². The van der Waals surface area contributed by atoms with Gasteiger partial charge in [-0.15, -0.1) is 6.58 Å². The van der Waals surface area contributed by atoms with Gasteiger partial charge in [0.15, 0.2) is 0 Å². The van der Waals surface area contributed by atoms with E-state index in [1.54, 1.807) is 0 Å². The molecule has 0 aromatic carbocycles. The van der Waals surface area contributed by atoms with Gasteiger partial charge in [0.1, 0.15) is 5.78 Å². The summed E-state index contributed by atoms with van der Waals surface area (Å²) in [5.41, 5.74) is 1.53. The highest BCUT2D eigenvalue weighted by molar-refractivity contribution is 5.79. The summed E-state index contributed by atoms with van der Waals surface area (Å²) in [4.78, 5) is 11.3. The van der Waals surface area contributed by atoms with E-state index in [1.807, 2.05) is 0 Å². The first-order valence-electron chi connectivity index (χ1n) is 5.08. The van der Waals surface area contributed by atoms with Crippen molar-refractivity contribution in [1.29, 1.82) is 0 Å². The monoisotopic (exact) mass is 180 g/mol. The minimum absolute atomic E-state index is 0.326. The molecule has 1 fully saturated rings.